The Balaban J connectivity index is 1.48. The van der Waals surface area contributed by atoms with E-state index in [0.29, 0.717) is 25.8 Å². The maximum absolute atomic E-state index is 15.6. The zero-order valence-electron chi connectivity index (χ0n) is 34.6. The SMILES string of the molecule is [B]=[N+]1CCC(F)(C(=O)NC(CC(C)C)C(=O)N(C)C(C(C)CC)C(CC(=O)N2CCCC2C(OC)C(C)C(=O)NC(CC2C=CC=CC2)c2nccs2)OC)C1. The van der Waals surface area contributed by atoms with E-state index in [-0.39, 0.29) is 73.5 Å². The van der Waals surface area contributed by atoms with E-state index in [4.69, 9.17) is 17.1 Å². The molecule has 309 valence electrons. The maximum atomic E-state index is 15.6. The number of carbonyl (C=O) groups is 4. The third-order valence-corrected chi connectivity index (χ3v) is 12.8. The number of likely N-dealkylation sites (tertiary alicyclic amines) is 1. The quantitative estimate of drug-likeness (QED) is 0.182. The van der Waals surface area contributed by atoms with Gasteiger partial charge in [0.25, 0.3) is 0 Å². The number of aromatic nitrogens is 1. The van der Waals surface area contributed by atoms with Crippen molar-refractivity contribution in [3.05, 3.63) is 40.9 Å². The number of allylic oxidation sites excluding steroid dienone is 4. The van der Waals surface area contributed by atoms with Gasteiger partial charge in [0.1, 0.15) is 5.01 Å². The molecular weight excluding hydrogens is 734 g/mol. The van der Waals surface area contributed by atoms with Crippen molar-refractivity contribution in [3.8, 4) is 0 Å². The van der Waals surface area contributed by atoms with Gasteiger partial charge < -0.3 is 15.0 Å². The van der Waals surface area contributed by atoms with Crippen LogP contribution in [0.4, 0.5) is 4.39 Å². The van der Waals surface area contributed by atoms with Crippen molar-refractivity contribution >= 4 is 42.6 Å². The standard InChI is InChI=1S/C41H64BFN6O6S/c1-9-27(4)35(47(6)39(52)31(22-26(2)3)46-40(53)41(43)17-20-48(42)25-41)33(54-7)24-34(50)49-19-13-16-32(49)36(55-8)28(5)37(51)45-30(38-44-18-21-56-38)23-29-14-11-10-12-15-29/h10-12,14,18,21,26-33,35-36H,9,13,15-17,19-20,22-25H2,1-8H3,(H,45,51)(H,46,53)/q+1. The molecule has 2 fully saturated rings. The van der Waals surface area contributed by atoms with Crippen LogP contribution in [0.3, 0.4) is 0 Å². The Morgan fingerprint density at radius 3 is 2.48 bits per heavy atom. The van der Waals surface area contributed by atoms with Crippen LogP contribution in [0.5, 0.6) is 0 Å². The van der Waals surface area contributed by atoms with Crippen molar-refractivity contribution < 1.29 is 37.5 Å². The molecule has 3 aliphatic rings. The molecule has 1 radical (unpaired) electrons. The first-order valence-corrected chi connectivity index (χ1v) is 21.2. The number of nitrogens with one attached hydrogen (secondary N) is 2. The van der Waals surface area contributed by atoms with Crippen LogP contribution in [0.25, 0.3) is 0 Å². The monoisotopic (exact) mass is 798 g/mol. The van der Waals surface area contributed by atoms with Crippen LogP contribution in [0, 0.1) is 23.7 Å². The van der Waals surface area contributed by atoms with Gasteiger partial charge in [-0.05, 0) is 31.6 Å². The van der Waals surface area contributed by atoms with Crippen molar-refractivity contribution in [2.75, 3.05) is 40.9 Å². The summed E-state index contributed by atoms with van der Waals surface area (Å²) in [6.45, 7) is 10.3. The number of carbonyl (C=O) groups excluding carboxylic acids is 4. The van der Waals surface area contributed by atoms with Crippen molar-refractivity contribution in [2.24, 2.45) is 23.7 Å². The molecule has 12 nitrogen and oxygen atoms in total. The van der Waals surface area contributed by atoms with Crippen LogP contribution in [0.15, 0.2) is 35.9 Å². The van der Waals surface area contributed by atoms with E-state index in [2.05, 4.69) is 27.8 Å². The fourth-order valence-corrected chi connectivity index (χ4v) is 9.26. The molecule has 2 saturated heterocycles. The van der Waals surface area contributed by atoms with Gasteiger partial charge in [-0.2, -0.15) is 0 Å². The number of rotatable bonds is 20. The van der Waals surface area contributed by atoms with Gasteiger partial charge in [-0.3, -0.25) is 9.59 Å². The van der Waals surface area contributed by atoms with Crippen LogP contribution in [-0.2, 0) is 28.7 Å². The first-order chi connectivity index (χ1) is 26.6. The summed E-state index contributed by atoms with van der Waals surface area (Å²) >= 11 is 1.52. The molecule has 56 heavy (non-hydrogen) atoms. The van der Waals surface area contributed by atoms with Gasteiger partial charge in [0.05, 0.1) is 24.1 Å². The summed E-state index contributed by atoms with van der Waals surface area (Å²) in [5, 5.41) is 8.73. The van der Waals surface area contributed by atoms with Gasteiger partial charge >= 0.3 is 175 Å². The summed E-state index contributed by atoms with van der Waals surface area (Å²) in [6.07, 6.45) is 12.9. The van der Waals surface area contributed by atoms with E-state index in [9.17, 15) is 19.2 Å². The molecule has 2 N–H and O–H groups in total. The van der Waals surface area contributed by atoms with Crippen molar-refractivity contribution in [3.63, 3.8) is 0 Å². The Bertz CT molecular complexity index is 1560. The summed E-state index contributed by atoms with van der Waals surface area (Å²) in [7, 11) is 10.6. The molecule has 10 unspecified atom stereocenters. The molecule has 4 rings (SSSR count). The summed E-state index contributed by atoms with van der Waals surface area (Å²) in [5.41, 5.74) is -2.18. The van der Waals surface area contributed by atoms with Gasteiger partial charge in [0.15, 0.2) is 0 Å². The molecule has 2 aliphatic heterocycles. The molecule has 10 atom stereocenters. The first kappa shape index (κ1) is 45.4. The number of alkyl halides is 1. The molecule has 1 aliphatic carbocycles. The second-order valence-electron chi connectivity index (χ2n) is 16.4. The van der Waals surface area contributed by atoms with Crippen LogP contribution in [-0.4, -0.2) is 127 Å². The molecule has 1 aromatic rings. The number of nitrogens with zero attached hydrogens (tertiary/aromatic N) is 4. The molecule has 15 heteroatoms. The topological polar surface area (TPSA) is 133 Å². The van der Waals surface area contributed by atoms with Crippen LogP contribution in [0.2, 0.25) is 0 Å². The Kier molecular flexibility index (Phi) is 17.0. The van der Waals surface area contributed by atoms with Crippen molar-refractivity contribution in [1.82, 2.24) is 25.4 Å². The third kappa shape index (κ3) is 11.4. The molecule has 1 aromatic heterocycles. The van der Waals surface area contributed by atoms with E-state index in [1.165, 1.54) is 22.9 Å². The number of amides is 4. The van der Waals surface area contributed by atoms with E-state index in [1.807, 2.05) is 57.1 Å². The Hall–Kier alpha value is -3.30. The number of thiazole rings is 1. The van der Waals surface area contributed by atoms with Gasteiger partial charge in [-0.25, -0.2) is 4.98 Å². The average Bonchev–Trinajstić information content (AvgIpc) is 3.96. The first-order valence-electron chi connectivity index (χ1n) is 20.3. The van der Waals surface area contributed by atoms with E-state index in [0.717, 1.165) is 24.3 Å². The zero-order valence-corrected chi connectivity index (χ0v) is 35.4. The van der Waals surface area contributed by atoms with Crippen LogP contribution >= 0.6 is 11.3 Å². The molecule has 0 spiro atoms. The van der Waals surface area contributed by atoms with Crippen molar-refractivity contribution in [1.29, 1.82) is 0 Å². The van der Waals surface area contributed by atoms with E-state index < -0.39 is 41.8 Å². The fraction of sp³-hybridized carbons (Fsp3) is 0.732. The summed E-state index contributed by atoms with van der Waals surface area (Å²) in [5.74, 6) is -1.86. The van der Waals surface area contributed by atoms with Gasteiger partial charge in [-0.15, -0.1) is 11.3 Å². The molecule has 0 bridgehead atoms. The average molecular weight is 799 g/mol. The Morgan fingerprint density at radius 2 is 1.91 bits per heavy atom. The summed E-state index contributed by atoms with van der Waals surface area (Å²) < 4.78 is 28.9. The summed E-state index contributed by atoms with van der Waals surface area (Å²) in [4.78, 5) is 63.6. The third-order valence-electron chi connectivity index (χ3n) is 11.9. The minimum atomic E-state index is -2.18. The predicted octanol–water partition coefficient (Wildman–Crippen LogP) is 4.75. The number of hydrogen-bond donors (Lipinski definition) is 2. The molecular formula is C41H64BFN6O6S+. The number of hydrogen-bond acceptors (Lipinski definition) is 8. The van der Waals surface area contributed by atoms with Gasteiger partial charge in [-0.1, -0.05) is 31.2 Å². The normalized spacial score (nSPS) is 24.7. The fourth-order valence-electron chi connectivity index (χ4n) is 8.56. The van der Waals surface area contributed by atoms with Crippen molar-refractivity contribution in [2.45, 2.75) is 128 Å². The number of ether oxygens (including phenoxy) is 2. The van der Waals surface area contributed by atoms with E-state index in [1.54, 1.807) is 25.3 Å². The molecule has 0 aromatic carbocycles. The summed E-state index contributed by atoms with van der Waals surface area (Å²) in [6, 6.07) is -2.10. The van der Waals surface area contributed by atoms with Gasteiger partial charge in [0.2, 0.25) is 5.91 Å². The molecule has 3 heterocycles. The van der Waals surface area contributed by atoms with Crippen LogP contribution < -0.4 is 10.6 Å². The molecule has 0 saturated carbocycles. The number of likely N-dealkylation sites (N-methyl/N-ethyl adjacent to an activating group) is 1. The van der Waals surface area contributed by atoms with E-state index >= 15 is 4.39 Å². The van der Waals surface area contributed by atoms with Gasteiger partial charge in [0, 0.05) is 25.2 Å². The second-order valence-corrected chi connectivity index (χ2v) is 17.3. The number of halogens is 1. The predicted molar refractivity (Wildman–Crippen MR) is 216 cm³/mol. The zero-order chi connectivity index (χ0) is 41.2. The minimum absolute atomic E-state index is 0.00670. The molecule has 4 amide bonds. The van der Waals surface area contributed by atoms with Crippen LogP contribution in [0.1, 0.15) is 97.0 Å². The Morgan fingerprint density at radius 1 is 1.16 bits per heavy atom. The Labute approximate surface area is 338 Å². The number of methoxy groups -OCH3 is 2. The second kappa shape index (κ2) is 20.9.